The lowest BCUT2D eigenvalue weighted by atomic mass is 10.2. The molecule has 0 saturated heterocycles. The Kier molecular flexibility index (Phi) is 4.65. The van der Waals surface area contributed by atoms with E-state index >= 15 is 0 Å². The van der Waals surface area contributed by atoms with E-state index in [2.05, 4.69) is 27.2 Å². The summed E-state index contributed by atoms with van der Waals surface area (Å²) in [5.41, 5.74) is 5.47. The number of amides is 1. The molecule has 0 spiro atoms. The number of carbonyl (C=O) groups is 1. The van der Waals surface area contributed by atoms with Gasteiger partial charge in [0.05, 0.1) is 5.69 Å². The van der Waals surface area contributed by atoms with Crippen molar-refractivity contribution in [2.24, 2.45) is 0 Å². The van der Waals surface area contributed by atoms with E-state index < -0.39 is 0 Å². The molecule has 0 fully saturated rings. The number of fused-ring (bicyclic) bond motifs is 2. The minimum Gasteiger partial charge on any atom is -0.356 e. The third-order valence-electron chi connectivity index (χ3n) is 4.88. The topological polar surface area (TPSA) is 72.2 Å². The van der Waals surface area contributed by atoms with Gasteiger partial charge in [0, 0.05) is 43.2 Å². The van der Waals surface area contributed by atoms with Crippen LogP contribution < -0.4 is 5.32 Å². The molecule has 0 atom stereocenters. The van der Waals surface area contributed by atoms with Crippen molar-refractivity contribution < 1.29 is 4.79 Å². The fourth-order valence-corrected chi connectivity index (χ4v) is 3.55. The van der Waals surface area contributed by atoms with Crippen LogP contribution in [0.1, 0.15) is 41.3 Å². The molecule has 0 radical (unpaired) electrons. The first-order valence-electron chi connectivity index (χ1n) is 9.23. The summed E-state index contributed by atoms with van der Waals surface area (Å²) < 4.78 is 1.97. The number of imidazole rings is 1. The van der Waals surface area contributed by atoms with E-state index in [4.69, 9.17) is 0 Å². The van der Waals surface area contributed by atoms with Crippen LogP contribution in [-0.2, 0) is 30.5 Å². The molecule has 6 nitrogen and oxygen atoms in total. The fraction of sp³-hybridized carbons (Fsp3) is 0.400. The first-order chi connectivity index (χ1) is 12.7. The lowest BCUT2D eigenvalue weighted by molar-refractivity contribution is -0.121. The van der Waals surface area contributed by atoms with Crippen molar-refractivity contribution in [1.29, 1.82) is 0 Å². The normalized spacial score (nSPS) is 13.1. The highest BCUT2D eigenvalue weighted by atomic mass is 16.1. The van der Waals surface area contributed by atoms with Crippen LogP contribution in [0.5, 0.6) is 0 Å². The third-order valence-corrected chi connectivity index (χ3v) is 4.88. The van der Waals surface area contributed by atoms with Crippen LogP contribution in [0, 0.1) is 6.92 Å². The molecule has 6 heteroatoms. The van der Waals surface area contributed by atoms with Crippen LogP contribution in [0.25, 0.3) is 5.65 Å². The van der Waals surface area contributed by atoms with Crippen LogP contribution in [-0.4, -0.2) is 31.8 Å². The summed E-state index contributed by atoms with van der Waals surface area (Å²) in [6, 6.07) is 5.89. The summed E-state index contributed by atoms with van der Waals surface area (Å²) in [5, 5.41) is 2.97. The van der Waals surface area contributed by atoms with Gasteiger partial charge in [0.25, 0.3) is 0 Å². The minimum atomic E-state index is 0.0416. The molecule has 1 amide bonds. The molecule has 26 heavy (non-hydrogen) atoms. The standard InChI is InChI=1S/C20H23N5O/c1-14-16-5-4-6-17(16)24-18(22-14)10-11-21-20(26)9-8-15-13-25-12-3-2-7-19(25)23-15/h2-3,7,12-13H,4-6,8-11H2,1H3,(H,21,26). The highest BCUT2D eigenvalue weighted by Crippen LogP contribution is 2.22. The zero-order chi connectivity index (χ0) is 17.9. The number of nitrogens with one attached hydrogen (secondary N) is 1. The Morgan fingerprint density at radius 2 is 2.12 bits per heavy atom. The van der Waals surface area contributed by atoms with Crippen LogP contribution >= 0.6 is 0 Å². The summed E-state index contributed by atoms with van der Waals surface area (Å²) in [6.45, 7) is 2.63. The van der Waals surface area contributed by atoms with Crippen molar-refractivity contribution in [1.82, 2.24) is 24.7 Å². The first-order valence-corrected chi connectivity index (χ1v) is 9.23. The summed E-state index contributed by atoms with van der Waals surface area (Å²) in [5.74, 6) is 0.878. The SMILES string of the molecule is Cc1nc(CCNC(=O)CCc2cn3ccccc3n2)nc2c1CCC2. The van der Waals surface area contributed by atoms with E-state index in [-0.39, 0.29) is 5.91 Å². The van der Waals surface area contributed by atoms with E-state index in [0.29, 0.717) is 25.8 Å². The Balaban J connectivity index is 1.26. The monoisotopic (exact) mass is 349 g/mol. The van der Waals surface area contributed by atoms with Crippen molar-refractivity contribution >= 4 is 11.6 Å². The maximum atomic E-state index is 12.1. The molecule has 0 saturated carbocycles. The van der Waals surface area contributed by atoms with Gasteiger partial charge in [-0.05, 0) is 50.3 Å². The van der Waals surface area contributed by atoms with Gasteiger partial charge in [-0.3, -0.25) is 4.79 Å². The largest absolute Gasteiger partial charge is 0.356 e. The van der Waals surface area contributed by atoms with E-state index in [9.17, 15) is 4.79 Å². The zero-order valence-electron chi connectivity index (χ0n) is 15.0. The van der Waals surface area contributed by atoms with Crippen molar-refractivity contribution in [2.75, 3.05) is 6.54 Å². The van der Waals surface area contributed by atoms with E-state index in [0.717, 1.165) is 35.7 Å². The molecular weight excluding hydrogens is 326 g/mol. The minimum absolute atomic E-state index is 0.0416. The average Bonchev–Trinajstić information content (AvgIpc) is 3.26. The van der Waals surface area contributed by atoms with Gasteiger partial charge in [-0.15, -0.1) is 0 Å². The van der Waals surface area contributed by atoms with Gasteiger partial charge in [-0.25, -0.2) is 15.0 Å². The van der Waals surface area contributed by atoms with Gasteiger partial charge in [0.2, 0.25) is 5.91 Å². The molecule has 0 bridgehead atoms. The van der Waals surface area contributed by atoms with Gasteiger partial charge < -0.3 is 9.72 Å². The third kappa shape index (κ3) is 3.59. The maximum Gasteiger partial charge on any atom is 0.220 e. The molecule has 0 aliphatic heterocycles. The number of hydrogen-bond acceptors (Lipinski definition) is 4. The Labute approximate surface area is 152 Å². The molecule has 1 N–H and O–H groups in total. The molecule has 134 valence electrons. The van der Waals surface area contributed by atoms with Crippen molar-refractivity contribution in [2.45, 2.75) is 45.4 Å². The summed E-state index contributed by atoms with van der Waals surface area (Å²) in [4.78, 5) is 25.8. The fourth-order valence-electron chi connectivity index (χ4n) is 3.55. The predicted octanol–water partition coefficient (Wildman–Crippen LogP) is 2.21. The molecule has 3 aromatic rings. The highest BCUT2D eigenvalue weighted by molar-refractivity contribution is 5.76. The maximum absolute atomic E-state index is 12.1. The smallest absolute Gasteiger partial charge is 0.220 e. The Bertz CT molecular complexity index is 914. The van der Waals surface area contributed by atoms with Gasteiger partial charge in [-0.1, -0.05) is 6.07 Å². The van der Waals surface area contributed by atoms with E-state index in [1.165, 1.54) is 17.7 Å². The van der Waals surface area contributed by atoms with Crippen LogP contribution in [0.3, 0.4) is 0 Å². The van der Waals surface area contributed by atoms with Gasteiger partial charge in [0.1, 0.15) is 11.5 Å². The molecule has 0 unspecified atom stereocenters. The van der Waals surface area contributed by atoms with E-state index in [1.807, 2.05) is 35.0 Å². The van der Waals surface area contributed by atoms with Gasteiger partial charge in [0.15, 0.2) is 0 Å². The van der Waals surface area contributed by atoms with Crippen molar-refractivity contribution in [3.05, 3.63) is 59.1 Å². The van der Waals surface area contributed by atoms with Crippen molar-refractivity contribution in [3.8, 4) is 0 Å². The first kappa shape index (κ1) is 16.7. The number of nitrogens with zero attached hydrogens (tertiary/aromatic N) is 4. The second kappa shape index (κ2) is 7.23. The van der Waals surface area contributed by atoms with Crippen LogP contribution in [0.4, 0.5) is 0 Å². The molecule has 1 aliphatic rings. The van der Waals surface area contributed by atoms with Gasteiger partial charge in [-0.2, -0.15) is 0 Å². The number of hydrogen-bond donors (Lipinski definition) is 1. The number of aryl methyl sites for hydroxylation is 3. The second-order valence-electron chi connectivity index (χ2n) is 6.80. The Morgan fingerprint density at radius 3 is 3.00 bits per heavy atom. The molecule has 3 heterocycles. The molecule has 1 aliphatic carbocycles. The lowest BCUT2D eigenvalue weighted by Crippen LogP contribution is -2.26. The average molecular weight is 349 g/mol. The van der Waals surface area contributed by atoms with E-state index in [1.54, 1.807) is 0 Å². The Morgan fingerprint density at radius 1 is 1.19 bits per heavy atom. The molecular formula is C20H23N5O. The highest BCUT2D eigenvalue weighted by Gasteiger charge is 2.16. The van der Waals surface area contributed by atoms with Gasteiger partial charge >= 0.3 is 0 Å². The number of rotatable bonds is 6. The Hall–Kier alpha value is -2.76. The molecule has 3 aromatic heterocycles. The van der Waals surface area contributed by atoms with Crippen LogP contribution in [0.15, 0.2) is 30.6 Å². The number of pyridine rings is 1. The zero-order valence-corrected chi connectivity index (χ0v) is 15.0. The lowest BCUT2D eigenvalue weighted by Gasteiger charge is -2.08. The quantitative estimate of drug-likeness (QED) is 0.741. The molecule has 0 aromatic carbocycles. The van der Waals surface area contributed by atoms with Crippen LogP contribution in [0.2, 0.25) is 0 Å². The molecule has 4 rings (SSSR count). The number of aromatic nitrogens is 4. The predicted molar refractivity (Wildman–Crippen MR) is 99.0 cm³/mol. The second-order valence-corrected chi connectivity index (χ2v) is 6.80. The summed E-state index contributed by atoms with van der Waals surface area (Å²) in [7, 11) is 0. The van der Waals surface area contributed by atoms with Crippen molar-refractivity contribution in [3.63, 3.8) is 0 Å². The summed E-state index contributed by atoms with van der Waals surface area (Å²) in [6.07, 6.45) is 9.02. The summed E-state index contributed by atoms with van der Waals surface area (Å²) >= 11 is 0. The number of carbonyl (C=O) groups excluding carboxylic acids is 1.